The van der Waals surface area contributed by atoms with Gasteiger partial charge in [0, 0.05) is 62.3 Å². The monoisotopic (exact) mass is 710 g/mol. The van der Waals surface area contributed by atoms with E-state index < -0.39 is 23.4 Å². The van der Waals surface area contributed by atoms with E-state index >= 15 is 4.39 Å². The van der Waals surface area contributed by atoms with Crippen molar-refractivity contribution in [2.75, 3.05) is 23.3 Å². The first kappa shape index (κ1) is 35.0. The summed E-state index contributed by atoms with van der Waals surface area (Å²) in [6.07, 6.45) is 5.02. The van der Waals surface area contributed by atoms with Gasteiger partial charge >= 0.3 is 12.1 Å². The molecule has 1 aliphatic carbocycles. The SMILES string of the molecule is CC(=O)OCc1c(-c2cn(C)c(=O)c(Nc3ccc4c(c3)CCN(C(=O)O)C4C(C)(C)C)n2)cc(F)cc1N1CCn2c(cc3c2CCCC3)C1=O. The summed E-state index contributed by atoms with van der Waals surface area (Å²) in [5.74, 6) is -1.44. The lowest BCUT2D eigenvalue weighted by Crippen LogP contribution is -2.44. The number of amides is 2. The summed E-state index contributed by atoms with van der Waals surface area (Å²) >= 11 is 0. The Morgan fingerprint density at radius 1 is 1.02 bits per heavy atom. The summed E-state index contributed by atoms with van der Waals surface area (Å²) in [5.41, 5.74) is 5.77. The van der Waals surface area contributed by atoms with Gasteiger partial charge in [-0.25, -0.2) is 14.2 Å². The lowest BCUT2D eigenvalue weighted by molar-refractivity contribution is -0.142. The highest BCUT2D eigenvalue weighted by Crippen LogP contribution is 2.43. The molecule has 0 spiro atoms. The topological polar surface area (TPSA) is 139 Å². The van der Waals surface area contributed by atoms with Gasteiger partial charge in [0.2, 0.25) is 0 Å². The summed E-state index contributed by atoms with van der Waals surface area (Å²) in [4.78, 5) is 59.3. The Bertz CT molecular complexity index is 2180. The van der Waals surface area contributed by atoms with Gasteiger partial charge in [0.25, 0.3) is 11.5 Å². The average molecular weight is 711 g/mol. The van der Waals surface area contributed by atoms with Gasteiger partial charge in [-0.3, -0.25) is 14.4 Å². The largest absolute Gasteiger partial charge is 0.465 e. The molecule has 272 valence electrons. The fourth-order valence-electron chi connectivity index (χ4n) is 8.08. The molecule has 1 unspecified atom stereocenters. The van der Waals surface area contributed by atoms with E-state index in [0.29, 0.717) is 43.0 Å². The van der Waals surface area contributed by atoms with Crippen molar-refractivity contribution in [3.05, 3.63) is 92.4 Å². The summed E-state index contributed by atoms with van der Waals surface area (Å²) in [6, 6.07) is 9.74. The number of carbonyl (C=O) groups excluding carboxylic acids is 2. The molecule has 2 aliphatic heterocycles. The first-order valence-electron chi connectivity index (χ1n) is 17.7. The smallest absolute Gasteiger partial charge is 0.407 e. The third-order valence-electron chi connectivity index (χ3n) is 10.4. The number of carbonyl (C=O) groups is 3. The van der Waals surface area contributed by atoms with E-state index in [1.807, 2.05) is 39.0 Å². The standard InChI is InChI=1S/C39H43FN6O6/c1-22(47)52-21-29-28(18-25(40)19-32(29)45-15-14-44-31-9-7-6-8-24(31)17-33(44)36(45)48)30-20-43(5)37(49)35(42-30)41-26-10-11-27-23(16-26)12-13-46(38(50)51)34(27)39(2,3)4/h10-11,16-20,34H,6-9,12-15,21H2,1-5H3,(H,41,42)(H,50,51). The number of aromatic nitrogens is 3. The number of nitrogens with zero attached hydrogens (tertiary/aromatic N) is 5. The third kappa shape index (κ3) is 6.33. The number of fused-ring (bicyclic) bond motifs is 4. The van der Waals surface area contributed by atoms with Crippen LogP contribution in [0.4, 0.5) is 26.4 Å². The number of hydrogen-bond donors (Lipinski definition) is 2. The highest BCUT2D eigenvalue weighted by Gasteiger charge is 2.39. The number of nitrogens with one attached hydrogen (secondary N) is 1. The number of anilines is 3. The number of rotatable bonds is 6. The van der Waals surface area contributed by atoms with Crippen LogP contribution < -0.4 is 15.8 Å². The lowest BCUT2D eigenvalue weighted by Gasteiger charge is -2.43. The molecule has 0 bridgehead atoms. The second kappa shape index (κ2) is 13.3. The first-order valence-corrected chi connectivity index (χ1v) is 17.7. The van der Waals surface area contributed by atoms with Crippen LogP contribution in [0.1, 0.15) is 85.0 Å². The number of halogens is 1. The normalized spacial score (nSPS) is 17.0. The summed E-state index contributed by atoms with van der Waals surface area (Å²) in [7, 11) is 1.57. The number of aryl methyl sites for hydroxylation is 2. The second-order valence-corrected chi connectivity index (χ2v) is 15.0. The van der Waals surface area contributed by atoms with Crippen LogP contribution in [0.5, 0.6) is 0 Å². The van der Waals surface area contributed by atoms with E-state index in [2.05, 4.69) is 14.9 Å². The minimum Gasteiger partial charge on any atom is -0.465 e. The highest BCUT2D eigenvalue weighted by atomic mass is 19.1. The van der Waals surface area contributed by atoms with E-state index in [-0.39, 0.29) is 46.7 Å². The summed E-state index contributed by atoms with van der Waals surface area (Å²) in [5, 5.41) is 13.0. The van der Waals surface area contributed by atoms with Gasteiger partial charge in [-0.15, -0.1) is 0 Å². The van der Waals surface area contributed by atoms with Crippen LogP contribution in [0.15, 0.2) is 47.4 Å². The van der Waals surface area contributed by atoms with Gasteiger partial charge in [-0.2, -0.15) is 0 Å². The van der Waals surface area contributed by atoms with Crippen molar-refractivity contribution in [3.63, 3.8) is 0 Å². The molecule has 12 nitrogen and oxygen atoms in total. The molecule has 0 saturated heterocycles. The zero-order chi connectivity index (χ0) is 37.1. The van der Waals surface area contributed by atoms with Crippen LogP contribution in [0, 0.1) is 11.2 Å². The van der Waals surface area contributed by atoms with Crippen LogP contribution in [-0.2, 0) is 49.0 Å². The third-order valence-corrected chi connectivity index (χ3v) is 10.4. The zero-order valence-electron chi connectivity index (χ0n) is 30.1. The van der Waals surface area contributed by atoms with Gasteiger partial charge in [0.1, 0.15) is 18.1 Å². The molecule has 52 heavy (non-hydrogen) atoms. The Kier molecular flexibility index (Phi) is 8.92. The van der Waals surface area contributed by atoms with Crippen molar-refractivity contribution >= 4 is 35.2 Å². The number of benzene rings is 2. The van der Waals surface area contributed by atoms with Gasteiger partial charge in [0.15, 0.2) is 5.82 Å². The molecule has 1 atom stereocenters. The van der Waals surface area contributed by atoms with Gasteiger partial charge in [-0.05, 0) is 84.5 Å². The highest BCUT2D eigenvalue weighted by molar-refractivity contribution is 6.07. The van der Waals surface area contributed by atoms with Crippen LogP contribution in [0.25, 0.3) is 11.3 Å². The maximum Gasteiger partial charge on any atom is 0.407 e. The van der Waals surface area contributed by atoms with Crippen LogP contribution in [0.2, 0.25) is 0 Å². The molecule has 7 rings (SSSR count). The molecule has 0 radical (unpaired) electrons. The molecule has 2 amide bonds. The first-order chi connectivity index (χ1) is 24.7. The minimum absolute atomic E-state index is 0.0167. The fourth-order valence-corrected chi connectivity index (χ4v) is 8.08. The van der Waals surface area contributed by atoms with Crippen LogP contribution in [0.3, 0.4) is 0 Å². The van der Waals surface area contributed by atoms with E-state index in [4.69, 9.17) is 4.74 Å². The Hall–Kier alpha value is -5.46. The maximum absolute atomic E-state index is 15.6. The lowest BCUT2D eigenvalue weighted by atomic mass is 9.77. The van der Waals surface area contributed by atoms with Crippen LogP contribution >= 0.6 is 0 Å². The average Bonchev–Trinajstić information content (AvgIpc) is 3.48. The predicted molar refractivity (Wildman–Crippen MR) is 193 cm³/mol. The number of esters is 1. The number of ether oxygens (including phenoxy) is 1. The Morgan fingerprint density at radius 3 is 2.52 bits per heavy atom. The van der Waals surface area contributed by atoms with Crippen molar-refractivity contribution in [1.29, 1.82) is 0 Å². The molecule has 4 heterocycles. The summed E-state index contributed by atoms with van der Waals surface area (Å²) < 4.78 is 24.5. The van der Waals surface area contributed by atoms with E-state index in [9.17, 15) is 24.3 Å². The zero-order valence-corrected chi connectivity index (χ0v) is 30.1. The molecule has 2 aromatic carbocycles. The molecule has 2 N–H and O–H groups in total. The van der Waals surface area contributed by atoms with Crippen LogP contribution in [-0.4, -0.2) is 55.2 Å². The molecule has 2 aromatic heterocycles. The number of carboxylic acid groups (broad SMARTS) is 1. The summed E-state index contributed by atoms with van der Waals surface area (Å²) in [6.45, 7) is 8.24. The second-order valence-electron chi connectivity index (χ2n) is 15.0. The van der Waals surface area contributed by atoms with Gasteiger partial charge in [-0.1, -0.05) is 26.8 Å². The van der Waals surface area contributed by atoms with Gasteiger partial charge in [0.05, 0.1) is 17.4 Å². The molecular weight excluding hydrogens is 667 g/mol. The van der Waals surface area contributed by atoms with Crippen molar-refractivity contribution in [3.8, 4) is 11.3 Å². The van der Waals surface area contributed by atoms with Gasteiger partial charge < -0.3 is 34.1 Å². The molecule has 0 saturated carbocycles. The number of hydrogen-bond acceptors (Lipinski definition) is 7. The van der Waals surface area contributed by atoms with Crippen molar-refractivity contribution in [2.24, 2.45) is 12.5 Å². The fraction of sp³-hybridized carbons (Fsp3) is 0.410. The Labute approximate surface area is 300 Å². The molecule has 0 fully saturated rings. The molecule has 13 heteroatoms. The molecule has 4 aromatic rings. The molecule has 3 aliphatic rings. The van der Waals surface area contributed by atoms with Crippen molar-refractivity contribution < 1.29 is 28.6 Å². The van der Waals surface area contributed by atoms with Crippen molar-refractivity contribution in [2.45, 2.75) is 79.0 Å². The quantitative estimate of drug-likeness (QED) is 0.221. The predicted octanol–water partition coefficient (Wildman–Crippen LogP) is 6.36. The molecular formula is C39H43FN6O6. The maximum atomic E-state index is 15.6. The van der Waals surface area contributed by atoms with E-state index in [1.165, 1.54) is 50.9 Å². The Morgan fingerprint density at radius 2 is 1.79 bits per heavy atom. The van der Waals surface area contributed by atoms with Crippen molar-refractivity contribution in [1.82, 2.24) is 19.0 Å². The van der Waals surface area contributed by atoms with E-state index in [1.54, 1.807) is 13.1 Å². The van der Waals surface area contributed by atoms with E-state index in [0.717, 1.165) is 36.8 Å². The Balaban J connectivity index is 1.27. The minimum atomic E-state index is -0.969.